The van der Waals surface area contributed by atoms with Crippen LogP contribution in [0.4, 0.5) is 5.69 Å². The predicted octanol–water partition coefficient (Wildman–Crippen LogP) is 1.28. The Morgan fingerprint density at radius 3 is 3.00 bits per heavy atom. The number of aromatic nitrogens is 3. The van der Waals surface area contributed by atoms with Gasteiger partial charge in [-0.2, -0.15) is 0 Å². The summed E-state index contributed by atoms with van der Waals surface area (Å²) in [4.78, 5) is 11.5. The lowest BCUT2D eigenvalue weighted by Gasteiger charge is -2.16. The van der Waals surface area contributed by atoms with Crippen LogP contribution in [0.15, 0.2) is 30.9 Å². The predicted molar refractivity (Wildman–Crippen MR) is 67.4 cm³/mol. The van der Waals surface area contributed by atoms with E-state index in [1.54, 1.807) is 12.4 Å². The topological polar surface area (TPSA) is 79.6 Å². The Bertz CT molecular complexity index is 452. The molecule has 1 atom stereocenters. The van der Waals surface area contributed by atoms with Gasteiger partial charge in [-0.25, -0.2) is 4.98 Å². The highest BCUT2D eigenvalue weighted by atomic mass is 15.0. The number of nitrogens with two attached hydrogens (primary N) is 1. The fourth-order valence-electron chi connectivity index (χ4n) is 1.81. The SMILES string of the molecule is CCNC(Cc1cnccc1N)c1ncc[nH]1. The van der Waals surface area contributed by atoms with Crippen LogP contribution in [0.5, 0.6) is 0 Å². The molecule has 0 saturated heterocycles. The molecule has 17 heavy (non-hydrogen) atoms. The van der Waals surface area contributed by atoms with Crippen molar-refractivity contribution >= 4 is 5.69 Å². The molecule has 0 spiro atoms. The lowest BCUT2D eigenvalue weighted by molar-refractivity contribution is 0.526. The Morgan fingerprint density at radius 1 is 1.47 bits per heavy atom. The number of nitrogens with one attached hydrogen (secondary N) is 2. The standard InChI is InChI=1S/C12H17N5/c1-2-15-11(12-16-5-6-17-12)7-9-8-14-4-3-10(9)13/h3-6,8,11,15H,2,7H2,1H3,(H2,13,14)(H,16,17). The molecule has 2 rings (SSSR count). The van der Waals surface area contributed by atoms with Gasteiger partial charge in [0, 0.05) is 30.5 Å². The third-order valence-electron chi connectivity index (χ3n) is 2.67. The second-order valence-corrected chi connectivity index (χ2v) is 3.86. The van der Waals surface area contributed by atoms with Gasteiger partial charge in [0.1, 0.15) is 5.82 Å². The van der Waals surface area contributed by atoms with Crippen LogP contribution in [-0.4, -0.2) is 21.5 Å². The molecule has 0 radical (unpaired) electrons. The fraction of sp³-hybridized carbons (Fsp3) is 0.333. The number of hydrogen-bond acceptors (Lipinski definition) is 4. The summed E-state index contributed by atoms with van der Waals surface area (Å²) >= 11 is 0. The normalized spacial score (nSPS) is 12.5. The van der Waals surface area contributed by atoms with Crippen LogP contribution in [0.2, 0.25) is 0 Å². The van der Waals surface area contributed by atoms with Crippen molar-refractivity contribution in [2.75, 3.05) is 12.3 Å². The minimum absolute atomic E-state index is 0.140. The molecule has 0 aliphatic rings. The van der Waals surface area contributed by atoms with Crippen molar-refractivity contribution in [3.8, 4) is 0 Å². The van der Waals surface area contributed by atoms with Gasteiger partial charge in [0.25, 0.3) is 0 Å². The van der Waals surface area contributed by atoms with E-state index in [1.807, 2.05) is 18.5 Å². The zero-order valence-corrected chi connectivity index (χ0v) is 9.85. The quantitative estimate of drug-likeness (QED) is 0.724. The maximum Gasteiger partial charge on any atom is 0.123 e. The smallest absolute Gasteiger partial charge is 0.123 e. The number of rotatable bonds is 5. The highest BCUT2D eigenvalue weighted by Crippen LogP contribution is 2.18. The maximum atomic E-state index is 5.92. The molecule has 2 aromatic rings. The lowest BCUT2D eigenvalue weighted by Crippen LogP contribution is -2.24. The fourth-order valence-corrected chi connectivity index (χ4v) is 1.81. The van der Waals surface area contributed by atoms with E-state index >= 15 is 0 Å². The van der Waals surface area contributed by atoms with E-state index in [0.717, 1.165) is 30.0 Å². The summed E-state index contributed by atoms with van der Waals surface area (Å²) < 4.78 is 0. The minimum Gasteiger partial charge on any atom is -0.398 e. The Morgan fingerprint density at radius 2 is 2.35 bits per heavy atom. The number of imidazole rings is 1. The Hall–Kier alpha value is -1.88. The summed E-state index contributed by atoms with van der Waals surface area (Å²) in [5.74, 6) is 0.926. The number of nitrogen functional groups attached to an aromatic ring is 1. The van der Waals surface area contributed by atoms with Gasteiger partial charge in [-0.3, -0.25) is 4.98 Å². The first kappa shape index (κ1) is 11.6. The molecule has 5 nitrogen and oxygen atoms in total. The van der Waals surface area contributed by atoms with Crippen LogP contribution >= 0.6 is 0 Å². The minimum atomic E-state index is 0.140. The van der Waals surface area contributed by atoms with Crippen LogP contribution in [-0.2, 0) is 6.42 Å². The van der Waals surface area contributed by atoms with Crippen molar-refractivity contribution in [3.05, 3.63) is 42.2 Å². The van der Waals surface area contributed by atoms with Crippen molar-refractivity contribution < 1.29 is 0 Å². The molecule has 4 N–H and O–H groups in total. The molecular weight excluding hydrogens is 214 g/mol. The summed E-state index contributed by atoms with van der Waals surface area (Å²) in [6.45, 7) is 2.95. The monoisotopic (exact) mass is 231 g/mol. The molecule has 90 valence electrons. The van der Waals surface area contributed by atoms with Crippen LogP contribution in [0.3, 0.4) is 0 Å². The number of pyridine rings is 1. The first-order valence-corrected chi connectivity index (χ1v) is 5.72. The number of hydrogen-bond donors (Lipinski definition) is 3. The zero-order chi connectivity index (χ0) is 12.1. The first-order chi connectivity index (χ1) is 8.31. The maximum absolute atomic E-state index is 5.92. The summed E-state index contributed by atoms with van der Waals surface area (Å²) in [5, 5.41) is 3.38. The molecule has 0 bridgehead atoms. The van der Waals surface area contributed by atoms with Gasteiger partial charge in [0.2, 0.25) is 0 Å². The van der Waals surface area contributed by atoms with E-state index in [1.165, 1.54) is 0 Å². The van der Waals surface area contributed by atoms with Gasteiger partial charge in [-0.15, -0.1) is 0 Å². The van der Waals surface area contributed by atoms with Gasteiger partial charge in [-0.05, 0) is 24.6 Å². The molecule has 0 aliphatic heterocycles. The summed E-state index contributed by atoms with van der Waals surface area (Å²) in [7, 11) is 0. The van der Waals surface area contributed by atoms with E-state index in [4.69, 9.17) is 5.73 Å². The molecule has 0 saturated carbocycles. The van der Waals surface area contributed by atoms with Gasteiger partial charge >= 0.3 is 0 Å². The summed E-state index contributed by atoms with van der Waals surface area (Å²) in [6.07, 6.45) is 7.87. The van der Waals surface area contributed by atoms with Gasteiger partial charge in [0.15, 0.2) is 0 Å². The largest absolute Gasteiger partial charge is 0.398 e. The average molecular weight is 231 g/mol. The van der Waals surface area contributed by atoms with Crippen molar-refractivity contribution in [1.29, 1.82) is 0 Å². The molecule has 2 heterocycles. The van der Waals surface area contributed by atoms with Gasteiger partial charge in [0.05, 0.1) is 6.04 Å². The van der Waals surface area contributed by atoms with E-state index in [2.05, 4.69) is 27.2 Å². The van der Waals surface area contributed by atoms with Crippen molar-refractivity contribution in [3.63, 3.8) is 0 Å². The zero-order valence-electron chi connectivity index (χ0n) is 9.85. The molecule has 0 aliphatic carbocycles. The highest BCUT2D eigenvalue weighted by Gasteiger charge is 2.14. The Labute approximate surface area is 100 Å². The summed E-state index contributed by atoms with van der Waals surface area (Å²) in [5.41, 5.74) is 7.73. The molecule has 5 heteroatoms. The van der Waals surface area contributed by atoms with Gasteiger partial charge in [-0.1, -0.05) is 6.92 Å². The van der Waals surface area contributed by atoms with Crippen molar-refractivity contribution in [2.24, 2.45) is 0 Å². The Kier molecular flexibility index (Phi) is 3.72. The van der Waals surface area contributed by atoms with E-state index in [0.29, 0.717) is 0 Å². The lowest BCUT2D eigenvalue weighted by atomic mass is 10.1. The molecule has 2 aromatic heterocycles. The summed E-state index contributed by atoms with van der Waals surface area (Å²) in [6, 6.07) is 1.96. The van der Waals surface area contributed by atoms with Crippen LogP contribution in [0.25, 0.3) is 0 Å². The van der Waals surface area contributed by atoms with E-state index < -0.39 is 0 Å². The molecular formula is C12H17N5. The van der Waals surface area contributed by atoms with Crippen molar-refractivity contribution in [2.45, 2.75) is 19.4 Å². The number of H-pyrrole nitrogens is 1. The van der Waals surface area contributed by atoms with E-state index in [9.17, 15) is 0 Å². The Balaban J connectivity index is 2.16. The van der Waals surface area contributed by atoms with Gasteiger partial charge < -0.3 is 16.0 Å². The molecule has 0 amide bonds. The third kappa shape index (κ3) is 2.82. The van der Waals surface area contributed by atoms with E-state index in [-0.39, 0.29) is 6.04 Å². The molecule has 0 aromatic carbocycles. The van der Waals surface area contributed by atoms with Crippen LogP contribution in [0, 0.1) is 0 Å². The number of aromatic amines is 1. The van der Waals surface area contributed by atoms with Crippen LogP contribution in [0.1, 0.15) is 24.4 Å². The highest BCUT2D eigenvalue weighted by molar-refractivity contribution is 5.44. The molecule has 1 unspecified atom stereocenters. The second kappa shape index (κ2) is 5.45. The number of likely N-dealkylation sites (N-methyl/N-ethyl adjacent to an activating group) is 1. The van der Waals surface area contributed by atoms with Crippen molar-refractivity contribution in [1.82, 2.24) is 20.3 Å². The number of anilines is 1. The number of nitrogens with zero attached hydrogens (tertiary/aromatic N) is 2. The first-order valence-electron chi connectivity index (χ1n) is 5.72. The molecule has 0 fully saturated rings. The van der Waals surface area contributed by atoms with Crippen LogP contribution < -0.4 is 11.1 Å². The average Bonchev–Trinajstić information content (AvgIpc) is 2.85. The second-order valence-electron chi connectivity index (χ2n) is 3.86. The third-order valence-corrected chi connectivity index (χ3v) is 2.67.